The second-order valence-electron chi connectivity index (χ2n) is 4.70. The molecule has 1 amide bonds. The van der Waals surface area contributed by atoms with E-state index < -0.39 is 0 Å². The van der Waals surface area contributed by atoms with E-state index in [0.717, 1.165) is 0 Å². The van der Waals surface area contributed by atoms with Crippen LogP contribution in [0.1, 0.15) is 43.0 Å². The minimum absolute atomic E-state index is 0.139. The van der Waals surface area contributed by atoms with Crippen molar-refractivity contribution in [1.82, 2.24) is 19.9 Å². The van der Waals surface area contributed by atoms with Crippen molar-refractivity contribution in [1.29, 1.82) is 0 Å². The Labute approximate surface area is 123 Å². The van der Waals surface area contributed by atoms with Crippen LogP contribution in [0.2, 0.25) is 0 Å². The van der Waals surface area contributed by atoms with Crippen LogP contribution in [0.15, 0.2) is 24.7 Å². The Kier molecular flexibility index (Phi) is 4.76. The third kappa shape index (κ3) is 3.71. The van der Waals surface area contributed by atoms with Crippen LogP contribution < -0.4 is 10.6 Å². The molecular weight excluding hydrogens is 268 g/mol. The molecule has 0 aromatic carbocycles. The van der Waals surface area contributed by atoms with Gasteiger partial charge < -0.3 is 5.32 Å². The van der Waals surface area contributed by atoms with E-state index in [1.54, 1.807) is 24.7 Å². The fraction of sp³-hybridized carbons (Fsp3) is 0.357. The Bertz CT molecular complexity index is 614. The molecule has 0 unspecified atom stereocenters. The third-order valence-corrected chi connectivity index (χ3v) is 2.70. The molecule has 2 aromatic heterocycles. The van der Waals surface area contributed by atoms with Crippen molar-refractivity contribution in [2.45, 2.75) is 26.7 Å². The van der Waals surface area contributed by atoms with E-state index in [1.807, 2.05) is 20.8 Å². The summed E-state index contributed by atoms with van der Waals surface area (Å²) in [7, 11) is 0. The highest BCUT2D eigenvalue weighted by Crippen LogP contribution is 2.17. The molecule has 0 aliphatic carbocycles. The molecule has 0 spiro atoms. The fourth-order valence-corrected chi connectivity index (χ4v) is 1.69. The predicted molar refractivity (Wildman–Crippen MR) is 80.3 cm³/mol. The number of nitrogens with one attached hydrogen (secondary N) is 2. The Morgan fingerprint density at radius 2 is 1.95 bits per heavy atom. The second kappa shape index (κ2) is 6.74. The van der Waals surface area contributed by atoms with Gasteiger partial charge in [-0.3, -0.25) is 10.1 Å². The van der Waals surface area contributed by atoms with Crippen LogP contribution in [-0.4, -0.2) is 32.4 Å². The first-order valence-corrected chi connectivity index (χ1v) is 6.81. The van der Waals surface area contributed by atoms with Gasteiger partial charge in [0.2, 0.25) is 5.95 Å². The average molecular weight is 286 g/mol. The van der Waals surface area contributed by atoms with Gasteiger partial charge in [0.15, 0.2) is 5.69 Å². The summed E-state index contributed by atoms with van der Waals surface area (Å²) in [5.74, 6) is 0.645. The van der Waals surface area contributed by atoms with E-state index in [9.17, 15) is 4.79 Å². The SMILES string of the molecule is CCNc1cnc(C(C)C)nc1C(=O)Nc1ncccn1. The summed E-state index contributed by atoms with van der Waals surface area (Å²) in [5.41, 5.74) is 0.887. The molecule has 0 atom stereocenters. The first kappa shape index (κ1) is 14.8. The van der Waals surface area contributed by atoms with Gasteiger partial charge in [-0.05, 0) is 13.0 Å². The molecule has 2 N–H and O–H groups in total. The van der Waals surface area contributed by atoms with Crippen LogP contribution in [0, 0.1) is 0 Å². The summed E-state index contributed by atoms with van der Waals surface area (Å²) in [6.45, 7) is 6.57. The topological polar surface area (TPSA) is 92.7 Å². The minimum Gasteiger partial charge on any atom is -0.382 e. The molecule has 0 saturated heterocycles. The van der Waals surface area contributed by atoms with Gasteiger partial charge in [0.1, 0.15) is 5.82 Å². The van der Waals surface area contributed by atoms with Gasteiger partial charge in [0.25, 0.3) is 5.91 Å². The van der Waals surface area contributed by atoms with E-state index >= 15 is 0 Å². The zero-order chi connectivity index (χ0) is 15.2. The molecule has 7 nitrogen and oxygen atoms in total. The molecule has 0 bridgehead atoms. The first-order chi connectivity index (χ1) is 10.1. The lowest BCUT2D eigenvalue weighted by Gasteiger charge is -2.12. The number of carbonyl (C=O) groups excluding carboxylic acids is 1. The highest BCUT2D eigenvalue weighted by molar-refractivity contribution is 6.05. The summed E-state index contributed by atoms with van der Waals surface area (Å²) in [4.78, 5) is 28.9. The molecule has 0 aliphatic heterocycles. The Balaban J connectivity index is 2.30. The maximum absolute atomic E-state index is 12.4. The monoisotopic (exact) mass is 286 g/mol. The zero-order valence-corrected chi connectivity index (χ0v) is 12.3. The first-order valence-electron chi connectivity index (χ1n) is 6.81. The van der Waals surface area contributed by atoms with E-state index in [4.69, 9.17) is 0 Å². The van der Waals surface area contributed by atoms with E-state index in [0.29, 0.717) is 23.8 Å². The lowest BCUT2D eigenvalue weighted by molar-refractivity contribution is 0.102. The third-order valence-electron chi connectivity index (χ3n) is 2.70. The number of rotatable bonds is 5. The molecule has 0 radical (unpaired) electrons. The number of hydrogen-bond donors (Lipinski definition) is 2. The van der Waals surface area contributed by atoms with Crippen molar-refractivity contribution < 1.29 is 4.79 Å². The minimum atomic E-state index is -0.360. The average Bonchev–Trinajstić information content (AvgIpc) is 2.48. The summed E-state index contributed by atoms with van der Waals surface area (Å²) < 4.78 is 0. The molecule has 2 heterocycles. The van der Waals surface area contributed by atoms with Crippen molar-refractivity contribution in [3.8, 4) is 0 Å². The Morgan fingerprint density at radius 1 is 1.24 bits per heavy atom. The van der Waals surface area contributed by atoms with Crippen LogP contribution >= 0.6 is 0 Å². The molecule has 21 heavy (non-hydrogen) atoms. The molecule has 0 saturated carbocycles. The van der Waals surface area contributed by atoms with Gasteiger partial charge in [0, 0.05) is 24.9 Å². The van der Waals surface area contributed by atoms with Crippen molar-refractivity contribution >= 4 is 17.5 Å². The van der Waals surface area contributed by atoms with Gasteiger partial charge in [0.05, 0.1) is 11.9 Å². The summed E-state index contributed by atoms with van der Waals surface area (Å²) >= 11 is 0. The summed E-state index contributed by atoms with van der Waals surface area (Å²) in [6, 6.07) is 1.68. The van der Waals surface area contributed by atoms with Crippen LogP contribution in [-0.2, 0) is 0 Å². The highest BCUT2D eigenvalue weighted by atomic mass is 16.2. The standard InChI is InChI=1S/C14H18N6O/c1-4-15-10-8-18-12(9(2)3)19-11(10)13(21)20-14-16-6-5-7-17-14/h5-9,15H,4H2,1-3H3,(H,16,17,20,21). The smallest absolute Gasteiger partial charge is 0.278 e. The van der Waals surface area contributed by atoms with Crippen molar-refractivity contribution in [3.63, 3.8) is 0 Å². The lowest BCUT2D eigenvalue weighted by atomic mass is 10.2. The maximum atomic E-state index is 12.4. The van der Waals surface area contributed by atoms with Crippen LogP contribution in [0.25, 0.3) is 0 Å². The Morgan fingerprint density at radius 3 is 2.57 bits per heavy atom. The van der Waals surface area contributed by atoms with E-state index in [1.165, 1.54) is 0 Å². The predicted octanol–water partition coefficient (Wildman–Crippen LogP) is 2.07. The second-order valence-corrected chi connectivity index (χ2v) is 4.70. The van der Waals surface area contributed by atoms with Gasteiger partial charge >= 0.3 is 0 Å². The molecule has 0 aliphatic rings. The van der Waals surface area contributed by atoms with E-state index in [2.05, 4.69) is 30.6 Å². The lowest BCUT2D eigenvalue weighted by Crippen LogP contribution is -2.19. The van der Waals surface area contributed by atoms with Crippen LogP contribution in [0.3, 0.4) is 0 Å². The molecule has 2 rings (SSSR count). The van der Waals surface area contributed by atoms with Crippen LogP contribution in [0.5, 0.6) is 0 Å². The fourth-order valence-electron chi connectivity index (χ4n) is 1.69. The molecule has 110 valence electrons. The molecule has 7 heteroatoms. The largest absolute Gasteiger partial charge is 0.382 e. The van der Waals surface area contributed by atoms with E-state index in [-0.39, 0.29) is 17.8 Å². The zero-order valence-electron chi connectivity index (χ0n) is 12.3. The summed E-state index contributed by atoms with van der Waals surface area (Å²) in [5, 5.41) is 5.71. The van der Waals surface area contributed by atoms with Crippen molar-refractivity contribution in [2.75, 3.05) is 17.2 Å². The number of nitrogens with zero attached hydrogens (tertiary/aromatic N) is 4. The number of hydrogen-bond acceptors (Lipinski definition) is 6. The van der Waals surface area contributed by atoms with Crippen LogP contribution in [0.4, 0.5) is 11.6 Å². The highest BCUT2D eigenvalue weighted by Gasteiger charge is 2.17. The quantitative estimate of drug-likeness (QED) is 0.874. The number of carbonyl (C=O) groups is 1. The Hall–Kier alpha value is -2.57. The molecular formula is C14H18N6O. The maximum Gasteiger partial charge on any atom is 0.278 e. The number of aromatic nitrogens is 4. The summed E-state index contributed by atoms with van der Waals surface area (Å²) in [6.07, 6.45) is 4.76. The van der Waals surface area contributed by atoms with Crippen molar-refractivity contribution in [3.05, 3.63) is 36.2 Å². The van der Waals surface area contributed by atoms with Gasteiger partial charge in [-0.1, -0.05) is 13.8 Å². The molecule has 0 fully saturated rings. The molecule has 2 aromatic rings. The number of amides is 1. The van der Waals surface area contributed by atoms with Gasteiger partial charge in [-0.2, -0.15) is 0 Å². The normalized spacial score (nSPS) is 10.5. The van der Waals surface area contributed by atoms with Gasteiger partial charge in [-0.15, -0.1) is 0 Å². The van der Waals surface area contributed by atoms with Gasteiger partial charge in [-0.25, -0.2) is 19.9 Å². The number of anilines is 2. The van der Waals surface area contributed by atoms with Crippen molar-refractivity contribution in [2.24, 2.45) is 0 Å².